The maximum atomic E-state index is 12.6. The van der Waals surface area contributed by atoms with E-state index in [2.05, 4.69) is 4.99 Å². The lowest BCUT2D eigenvalue weighted by Crippen LogP contribution is -2.17. The van der Waals surface area contributed by atoms with Gasteiger partial charge in [0.2, 0.25) is 10.0 Å². The molecule has 0 saturated carbocycles. The molecule has 0 aliphatic rings. The average Bonchev–Trinajstić information content (AvgIpc) is 2.91. The molecule has 1 aromatic heterocycles. The number of primary sulfonamides is 1. The number of thiazole rings is 1. The van der Waals surface area contributed by atoms with E-state index in [-0.39, 0.29) is 15.5 Å². The highest BCUT2D eigenvalue weighted by atomic mass is 35.5. The van der Waals surface area contributed by atoms with Crippen molar-refractivity contribution in [1.29, 1.82) is 0 Å². The normalized spacial score (nSPS) is 12.7. The molecule has 142 valence electrons. The summed E-state index contributed by atoms with van der Waals surface area (Å²) >= 11 is 13.2. The molecule has 0 aliphatic carbocycles. The van der Waals surface area contributed by atoms with Crippen molar-refractivity contribution < 1.29 is 13.2 Å². The third kappa shape index (κ3) is 4.25. The summed E-state index contributed by atoms with van der Waals surface area (Å²) in [7, 11) is -3.82. The van der Waals surface area contributed by atoms with Crippen molar-refractivity contribution in [2.24, 2.45) is 10.1 Å². The Balaban J connectivity index is 2.18. The van der Waals surface area contributed by atoms with Gasteiger partial charge in [0.05, 0.1) is 25.7 Å². The molecular weight excluding hydrogens is 429 g/mol. The predicted octanol–water partition coefficient (Wildman–Crippen LogP) is 3.81. The van der Waals surface area contributed by atoms with E-state index in [1.165, 1.54) is 35.6 Å². The summed E-state index contributed by atoms with van der Waals surface area (Å²) in [4.78, 5) is 17.3. The molecule has 0 unspecified atom stereocenters. The molecular formula is C17H15Cl2N3O3S2. The number of aryl methyl sites for hydroxylation is 1. The van der Waals surface area contributed by atoms with Gasteiger partial charge >= 0.3 is 0 Å². The molecule has 0 bridgehead atoms. The molecule has 1 heterocycles. The number of halogens is 2. The van der Waals surface area contributed by atoms with Crippen LogP contribution in [0.5, 0.6) is 0 Å². The van der Waals surface area contributed by atoms with Crippen LogP contribution in [0.1, 0.15) is 23.7 Å². The molecule has 0 fully saturated rings. The third-order valence-electron chi connectivity index (χ3n) is 3.79. The standard InChI is InChI=1S/C17H15Cl2N3O3S2/c1-2-7-22-14-6-4-11(27(20,24)25)9-15(14)26-17(22)21-16(23)12-5-3-10(18)8-13(12)19/h3-6,8-9H,2,7H2,1H3,(H2,20,24,25). The predicted molar refractivity (Wildman–Crippen MR) is 108 cm³/mol. The van der Waals surface area contributed by atoms with Crippen LogP contribution in [0.15, 0.2) is 46.3 Å². The fourth-order valence-electron chi connectivity index (χ4n) is 2.57. The van der Waals surface area contributed by atoms with Gasteiger partial charge in [-0.3, -0.25) is 4.79 Å². The van der Waals surface area contributed by atoms with Crippen LogP contribution in [0.2, 0.25) is 10.0 Å². The zero-order chi connectivity index (χ0) is 19.8. The molecule has 0 aliphatic heterocycles. The molecule has 2 aromatic carbocycles. The minimum atomic E-state index is -3.82. The van der Waals surface area contributed by atoms with E-state index in [9.17, 15) is 13.2 Å². The van der Waals surface area contributed by atoms with Crippen LogP contribution in [0, 0.1) is 0 Å². The third-order valence-corrected chi connectivity index (χ3v) is 6.29. The van der Waals surface area contributed by atoms with E-state index in [1.54, 1.807) is 12.1 Å². The topological polar surface area (TPSA) is 94.5 Å². The molecule has 0 radical (unpaired) electrons. The van der Waals surface area contributed by atoms with Crippen LogP contribution < -0.4 is 9.94 Å². The SMILES string of the molecule is CCCn1c(=NC(=O)c2ccc(Cl)cc2Cl)sc2cc(S(N)(=O)=O)ccc21. The van der Waals surface area contributed by atoms with E-state index < -0.39 is 15.9 Å². The van der Waals surface area contributed by atoms with E-state index in [0.717, 1.165) is 11.9 Å². The summed E-state index contributed by atoms with van der Waals surface area (Å²) in [6.07, 6.45) is 0.811. The molecule has 2 N–H and O–H groups in total. The van der Waals surface area contributed by atoms with Crippen molar-refractivity contribution in [1.82, 2.24) is 4.57 Å². The maximum absolute atomic E-state index is 12.6. The lowest BCUT2D eigenvalue weighted by molar-refractivity contribution is 0.0998. The van der Waals surface area contributed by atoms with E-state index in [1.807, 2.05) is 11.5 Å². The zero-order valence-corrected chi connectivity index (χ0v) is 17.3. The molecule has 3 rings (SSSR count). The summed E-state index contributed by atoms with van der Waals surface area (Å²) in [5, 5.41) is 5.85. The first kappa shape index (κ1) is 20.0. The monoisotopic (exact) mass is 443 g/mol. The summed E-state index contributed by atoms with van der Waals surface area (Å²) in [5.74, 6) is -0.500. The number of carbonyl (C=O) groups excluding carboxylic acids is 1. The average molecular weight is 444 g/mol. The van der Waals surface area contributed by atoms with Crippen LogP contribution in [0.25, 0.3) is 10.2 Å². The first-order valence-electron chi connectivity index (χ1n) is 7.91. The molecule has 0 spiro atoms. The van der Waals surface area contributed by atoms with Crippen molar-refractivity contribution in [3.8, 4) is 0 Å². The summed E-state index contributed by atoms with van der Waals surface area (Å²) < 4.78 is 25.7. The number of fused-ring (bicyclic) bond motifs is 1. The van der Waals surface area contributed by atoms with Crippen LogP contribution in [0.3, 0.4) is 0 Å². The Labute approximate surface area is 169 Å². The minimum absolute atomic E-state index is 0.0125. The smallest absolute Gasteiger partial charge is 0.281 e. The number of amides is 1. The zero-order valence-electron chi connectivity index (χ0n) is 14.1. The molecule has 0 saturated heterocycles. The highest BCUT2D eigenvalue weighted by molar-refractivity contribution is 7.89. The Kier molecular flexibility index (Phi) is 5.73. The molecule has 0 atom stereocenters. The van der Waals surface area contributed by atoms with Gasteiger partial charge in [-0.1, -0.05) is 41.5 Å². The molecule has 10 heteroatoms. The van der Waals surface area contributed by atoms with Gasteiger partial charge in [0.25, 0.3) is 5.91 Å². The van der Waals surface area contributed by atoms with E-state index in [0.29, 0.717) is 21.1 Å². The molecule has 6 nitrogen and oxygen atoms in total. The second kappa shape index (κ2) is 7.73. The Morgan fingerprint density at radius 2 is 1.96 bits per heavy atom. The Morgan fingerprint density at radius 1 is 1.22 bits per heavy atom. The number of hydrogen-bond acceptors (Lipinski definition) is 4. The number of sulfonamides is 1. The van der Waals surface area contributed by atoms with Crippen LogP contribution >= 0.6 is 34.5 Å². The summed E-state index contributed by atoms with van der Waals surface area (Å²) in [6.45, 7) is 2.62. The Hall–Kier alpha value is -1.71. The Bertz CT molecular complexity index is 1210. The highest BCUT2D eigenvalue weighted by Crippen LogP contribution is 2.23. The lowest BCUT2D eigenvalue weighted by atomic mass is 10.2. The fourth-order valence-corrected chi connectivity index (χ4v) is 4.76. The van der Waals surface area contributed by atoms with E-state index >= 15 is 0 Å². The highest BCUT2D eigenvalue weighted by Gasteiger charge is 2.14. The first-order valence-corrected chi connectivity index (χ1v) is 11.0. The quantitative estimate of drug-likeness (QED) is 0.663. The van der Waals surface area contributed by atoms with Gasteiger partial charge in [0.1, 0.15) is 0 Å². The molecule has 1 amide bonds. The minimum Gasteiger partial charge on any atom is -0.316 e. The number of nitrogens with two attached hydrogens (primary N) is 1. The van der Waals surface area contributed by atoms with Gasteiger partial charge in [-0.25, -0.2) is 13.6 Å². The van der Waals surface area contributed by atoms with Crippen molar-refractivity contribution in [3.63, 3.8) is 0 Å². The Morgan fingerprint density at radius 3 is 2.59 bits per heavy atom. The lowest BCUT2D eigenvalue weighted by Gasteiger charge is -2.04. The van der Waals surface area contributed by atoms with Crippen molar-refractivity contribution in [2.75, 3.05) is 0 Å². The molecule has 3 aromatic rings. The van der Waals surface area contributed by atoms with Crippen molar-refractivity contribution >= 4 is 60.7 Å². The van der Waals surface area contributed by atoms with Crippen LogP contribution in [-0.4, -0.2) is 18.9 Å². The molecule has 27 heavy (non-hydrogen) atoms. The van der Waals surface area contributed by atoms with Crippen molar-refractivity contribution in [2.45, 2.75) is 24.8 Å². The number of benzene rings is 2. The van der Waals surface area contributed by atoms with Gasteiger partial charge in [-0.15, -0.1) is 0 Å². The van der Waals surface area contributed by atoms with Crippen LogP contribution in [0.4, 0.5) is 0 Å². The maximum Gasteiger partial charge on any atom is 0.281 e. The fraction of sp³-hybridized carbons (Fsp3) is 0.176. The second-order valence-electron chi connectivity index (χ2n) is 5.75. The number of nitrogens with zero attached hydrogens (tertiary/aromatic N) is 2. The van der Waals surface area contributed by atoms with E-state index in [4.69, 9.17) is 28.3 Å². The number of hydrogen-bond donors (Lipinski definition) is 1. The van der Waals surface area contributed by atoms with Gasteiger partial charge in [0, 0.05) is 11.6 Å². The first-order chi connectivity index (χ1) is 12.7. The largest absolute Gasteiger partial charge is 0.316 e. The van der Waals surface area contributed by atoms with Gasteiger partial charge in [0.15, 0.2) is 4.80 Å². The summed E-state index contributed by atoms with van der Waals surface area (Å²) in [5.41, 5.74) is 1.02. The number of rotatable bonds is 4. The van der Waals surface area contributed by atoms with Crippen molar-refractivity contribution in [3.05, 3.63) is 56.8 Å². The van der Waals surface area contributed by atoms with Gasteiger partial charge in [-0.2, -0.15) is 4.99 Å². The summed E-state index contributed by atoms with van der Waals surface area (Å²) in [6, 6.07) is 9.17. The number of carbonyl (C=O) groups is 1. The number of aromatic nitrogens is 1. The van der Waals surface area contributed by atoms with Crippen LogP contribution in [-0.2, 0) is 16.6 Å². The van der Waals surface area contributed by atoms with Gasteiger partial charge < -0.3 is 4.57 Å². The van der Waals surface area contributed by atoms with Gasteiger partial charge in [-0.05, 0) is 42.8 Å². The second-order valence-corrected chi connectivity index (χ2v) is 9.17.